The number of nitrogens with two attached hydrogens (primary N) is 1. The van der Waals surface area contributed by atoms with Crippen molar-refractivity contribution in [2.24, 2.45) is 5.73 Å². The Morgan fingerprint density at radius 1 is 0.613 bits per heavy atom. The van der Waals surface area contributed by atoms with Crippen LogP contribution in [0.3, 0.4) is 0 Å². The molecule has 0 aliphatic heterocycles. The first kappa shape index (κ1) is 32.5. The quantitative estimate of drug-likeness (QED) is 0.141. The first-order chi connectivity index (χ1) is 15.0. The summed E-state index contributed by atoms with van der Waals surface area (Å²) in [5.74, 6) is -0.728. The van der Waals surface area contributed by atoms with E-state index in [0.717, 1.165) is 51.5 Å². The van der Waals surface area contributed by atoms with Crippen LogP contribution in [-0.4, -0.2) is 40.0 Å². The fourth-order valence-corrected chi connectivity index (χ4v) is 3.60. The van der Waals surface area contributed by atoms with Crippen LogP contribution in [0.1, 0.15) is 142 Å². The molecule has 0 saturated carbocycles. The predicted molar refractivity (Wildman–Crippen MR) is 132 cm³/mol. The van der Waals surface area contributed by atoms with Crippen molar-refractivity contribution in [2.75, 3.05) is 6.54 Å². The monoisotopic (exact) mass is 445 g/mol. The van der Waals surface area contributed by atoms with E-state index in [2.05, 4.69) is 13.8 Å². The summed E-state index contributed by atoms with van der Waals surface area (Å²) >= 11 is 0. The maximum absolute atomic E-state index is 10.4. The SMILES string of the molecule is CCCCCCCCC(O)C(O)CCCCCCCC(=O)O.CCCCCCCCN. The highest BCUT2D eigenvalue weighted by atomic mass is 16.4. The summed E-state index contributed by atoms with van der Waals surface area (Å²) in [5.41, 5.74) is 5.34. The van der Waals surface area contributed by atoms with Gasteiger partial charge in [-0.15, -0.1) is 0 Å². The third kappa shape index (κ3) is 29.4. The van der Waals surface area contributed by atoms with E-state index < -0.39 is 18.2 Å². The van der Waals surface area contributed by atoms with Crippen molar-refractivity contribution in [1.82, 2.24) is 0 Å². The van der Waals surface area contributed by atoms with Crippen molar-refractivity contribution in [3.8, 4) is 0 Å². The highest BCUT2D eigenvalue weighted by Crippen LogP contribution is 2.15. The van der Waals surface area contributed by atoms with Crippen molar-refractivity contribution in [3.63, 3.8) is 0 Å². The van der Waals surface area contributed by atoms with Crippen LogP contribution in [0.15, 0.2) is 0 Å². The lowest BCUT2D eigenvalue weighted by Gasteiger charge is -2.17. The average molecular weight is 446 g/mol. The Morgan fingerprint density at radius 2 is 0.968 bits per heavy atom. The molecule has 5 N–H and O–H groups in total. The Labute approximate surface area is 193 Å². The molecular weight excluding hydrogens is 390 g/mol. The van der Waals surface area contributed by atoms with E-state index in [4.69, 9.17) is 10.8 Å². The van der Waals surface area contributed by atoms with Crippen molar-refractivity contribution in [1.29, 1.82) is 0 Å². The van der Waals surface area contributed by atoms with E-state index in [9.17, 15) is 15.0 Å². The molecule has 2 atom stereocenters. The molecule has 0 radical (unpaired) electrons. The molecule has 0 aromatic carbocycles. The number of aliphatic hydroxyl groups is 2. The fourth-order valence-electron chi connectivity index (χ4n) is 3.60. The topological polar surface area (TPSA) is 104 Å². The summed E-state index contributed by atoms with van der Waals surface area (Å²) in [5, 5.41) is 28.3. The Morgan fingerprint density at radius 3 is 1.35 bits per heavy atom. The average Bonchev–Trinajstić information content (AvgIpc) is 2.75. The van der Waals surface area contributed by atoms with Crippen molar-refractivity contribution in [3.05, 3.63) is 0 Å². The number of rotatable bonds is 22. The maximum Gasteiger partial charge on any atom is 0.303 e. The molecule has 0 fully saturated rings. The van der Waals surface area contributed by atoms with Crippen LogP contribution in [0.25, 0.3) is 0 Å². The lowest BCUT2D eigenvalue weighted by Crippen LogP contribution is -2.25. The summed E-state index contributed by atoms with van der Waals surface area (Å²) in [4.78, 5) is 10.4. The van der Waals surface area contributed by atoms with Gasteiger partial charge in [0.15, 0.2) is 0 Å². The third-order valence-electron chi connectivity index (χ3n) is 5.75. The molecule has 5 nitrogen and oxygen atoms in total. The van der Waals surface area contributed by atoms with Crippen LogP contribution in [0, 0.1) is 0 Å². The number of aliphatic carboxylic acids is 1. The van der Waals surface area contributed by atoms with Gasteiger partial charge in [-0.3, -0.25) is 4.79 Å². The number of carbonyl (C=O) groups is 1. The molecule has 0 bridgehead atoms. The number of hydrogen-bond donors (Lipinski definition) is 4. The minimum atomic E-state index is -0.728. The number of unbranched alkanes of at least 4 members (excludes halogenated alkanes) is 14. The van der Waals surface area contributed by atoms with Crippen molar-refractivity contribution >= 4 is 5.97 Å². The number of hydrogen-bond acceptors (Lipinski definition) is 4. The Balaban J connectivity index is 0. The van der Waals surface area contributed by atoms with Gasteiger partial charge in [0, 0.05) is 6.42 Å². The van der Waals surface area contributed by atoms with Gasteiger partial charge in [0.05, 0.1) is 12.2 Å². The predicted octanol–water partition coefficient (Wildman–Crippen LogP) is 6.58. The molecule has 0 amide bonds. The van der Waals surface area contributed by atoms with Gasteiger partial charge in [-0.2, -0.15) is 0 Å². The second-order valence-electron chi connectivity index (χ2n) is 8.95. The van der Waals surface area contributed by atoms with E-state index in [1.807, 2.05) is 0 Å². The van der Waals surface area contributed by atoms with Crippen molar-refractivity contribution < 1.29 is 20.1 Å². The molecule has 188 valence electrons. The largest absolute Gasteiger partial charge is 0.481 e. The summed E-state index contributed by atoms with van der Waals surface area (Å²) < 4.78 is 0. The molecule has 0 saturated heterocycles. The van der Waals surface area contributed by atoms with Crippen molar-refractivity contribution in [2.45, 2.75) is 154 Å². The number of aliphatic hydroxyl groups excluding tert-OH is 2. The van der Waals surface area contributed by atoms with Crippen LogP contribution in [-0.2, 0) is 4.79 Å². The molecule has 0 aromatic heterocycles. The summed E-state index contributed by atoms with van der Waals surface area (Å²) in [7, 11) is 0. The van der Waals surface area contributed by atoms with Gasteiger partial charge in [-0.25, -0.2) is 0 Å². The first-order valence-corrected chi connectivity index (χ1v) is 13.3. The smallest absolute Gasteiger partial charge is 0.303 e. The van der Waals surface area contributed by atoms with Gasteiger partial charge in [-0.05, 0) is 32.2 Å². The molecule has 31 heavy (non-hydrogen) atoms. The first-order valence-electron chi connectivity index (χ1n) is 13.3. The number of carboxylic acids is 1. The van der Waals surface area contributed by atoms with Crippen LogP contribution in [0.5, 0.6) is 0 Å². The molecule has 0 aliphatic carbocycles. The van der Waals surface area contributed by atoms with Crippen LogP contribution < -0.4 is 5.73 Å². The van der Waals surface area contributed by atoms with E-state index in [1.165, 1.54) is 64.2 Å². The van der Waals surface area contributed by atoms with Gasteiger partial charge >= 0.3 is 5.97 Å². The van der Waals surface area contributed by atoms with E-state index in [1.54, 1.807) is 0 Å². The fraction of sp³-hybridized carbons (Fsp3) is 0.962. The molecule has 5 heteroatoms. The second-order valence-corrected chi connectivity index (χ2v) is 8.95. The van der Waals surface area contributed by atoms with Gasteiger partial charge < -0.3 is 21.1 Å². The minimum Gasteiger partial charge on any atom is -0.481 e. The standard InChI is InChI=1S/C18H36O4.C8H19N/c1-2-3-4-5-7-10-13-16(19)17(20)14-11-8-6-9-12-15-18(21)22;1-2-3-4-5-6-7-8-9/h16-17,19-20H,2-15H2,1H3,(H,21,22);2-9H2,1H3. The highest BCUT2D eigenvalue weighted by Gasteiger charge is 2.15. The van der Waals surface area contributed by atoms with Gasteiger partial charge in [0.1, 0.15) is 0 Å². The summed E-state index contributed by atoms with van der Waals surface area (Å²) in [6.07, 6.45) is 20.2. The number of carboxylic acid groups (broad SMARTS) is 1. The maximum atomic E-state index is 10.4. The highest BCUT2D eigenvalue weighted by molar-refractivity contribution is 5.66. The van der Waals surface area contributed by atoms with Gasteiger partial charge in [0.2, 0.25) is 0 Å². The summed E-state index contributed by atoms with van der Waals surface area (Å²) in [6.45, 7) is 5.31. The zero-order valence-electron chi connectivity index (χ0n) is 20.8. The Hall–Kier alpha value is -0.650. The molecule has 0 spiro atoms. The van der Waals surface area contributed by atoms with E-state index >= 15 is 0 Å². The van der Waals surface area contributed by atoms with Gasteiger partial charge in [-0.1, -0.05) is 110 Å². The molecule has 0 heterocycles. The van der Waals surface area contributed by atoms with Crippen LogP contribution >= 0.6 is 0 Å². The molecule has 0 rings (SSSR count). The normalized spacial score (nSPS) is 12.8. The Kier molecular flexibility index (Phi) is 28.7. The van der Waals surface area contributed by atoms with Crippen LogP contribution in [0.2, 0.25) is 0 Å². The molecule has 2 unspecified atom stereocenters. The minimum absolute atomic E-state index is 0.250. The zero-order chi connectivity index (χ0) is 23.6. The van der Waals surface area contributed by atoms with E-state index in [-0.39, 0.29) is 6.42 Å². The zero-order valence-corrected chi connectivity index (χ0v) is 20.8. The summed E-state index contributed by atoms with van der Waals surface area (Å²) in [6, 6.07) is 0. The lowest BCUT2D eigenvalue weighted by molar-refractivity contribution is -0.137. The third-order valence-corrected chi connectivity index (χ3v) is 5.75. The van der Waals surface area contributed by atoms with Gasteiger partial charge in [0.25, 0.3) is 0 Å². The molecule has 0 aromatic rings. The lowest BCUT2D eigenvalue weighted by atomic mass is 9.99. The van der Waals surface area contributed by atoms with E-state index in [0.29, 0.717) is 12.8 Å². The second kappa shape index (κ2) is 27.4. The molecule has 0 aliphatic rings. The molecular formula is C26H55NO4. The van der Waals surface area contributed by atoms with Crippen LogP contribution in [0.4, 0.5) is 0 Å². The Bertz CT molecular complexity index is 346.